The third-order valence-electron chi connectivity index (χ3n) is 5.29. The highest BCUT2D eigenvalue weighted by atomic mass is 32.2. The van der Waals surface area contributed by atoms with Crippen molar-refractivity contribution in [3.05, 3.63) is 54.1 Å². The molecule has 2 amide bonds. The molecule has 0 bridgehead atoms. The topological polar surface area (TPSA) is 105 Å². The number of hydrogen-bond acceptors (Lipinski definition) is 5. The van der Waals surface area contributed by atoms with Gasteiger partial charge < -0.3 is 15.4 Å². The number of fused-ring (bicyclic) bond motifs is 1. The number of piperidine rings is 1. The fourth-order valence-electron chi connectivity index (χ4n) is 3.68. The molecule has 2 aromatic carbocycles. The van der Waals surface area contributed by atoms with Crippen molar-refractivity contribution in [1.29, 1.82) is 0 Å². The molecule has 158 valence electrons. The fraction of sp³-hybridized carbons (Fsp3) is 0.333. The first-order valence-corrected chi connectivity index (χ1v) is 11.3. The van der Waals surface area contributed by atoms with Gasteiger partial charge in [-0.3, -0.25) is 9.59 Å². The SMILES string of the molecule is O=C1COc2ccc(S(=O)(=O)N3CCC[C@H](C(=O)NCc4ccccc4)C3)cc2N1. The zero-order valence-corrected chi connectivity index (χ0v) is 17.2. The number of benzene rings is 2. The molecule has 4 rings (SSSR count). The van der Waals surface area contributed by atoms with Crippen molar-refractivity contribution in [3.63, 3.8) is 0 Å². The van der Waals surface area contributed by atoms with E-state index in [4.69, 9.17) is 4.74 Å². The predicted octanol–water partition coefficient (Wildman–Crippen LogP) is 1.73. The Kier molecular flexibility index (Phi) is 5.74. The molecule has 0 aromatic heterocycles. The van der Waals surface area contributed by atoms with Crippen LogP contribution in [0, 0.1) is 5.92 Å². The predicted molar refractivity (Wildman–Crippen MR) is 110 cm³/mol. The summed E-state index contributed by atoms with van der Waals surface area (Å²) in [6, 6.07) is 14.0. The first-order chi connectivity index (χ1) is 14.4. The molecular formula is C21H23N3O5S. The second-order valence-electron chi connectivity index (χ2n) is 7.40. The minimum absolute atomic E-state index is 0.0670. The second kappa shape index (κ2) is 8.45. The van der Waals surface area contributed by atoms with Gasteiger partial charge in [0.25, 0.3) is 5.91 Å². The smallest absolute Gasteiger partial charge is 0.262 e. The minimum Gasteiger partial charge on any atom is -0.482 e. The van der Waals surface area contributed by atoms with Gasteiger partial charge in [0.1, 0.15) is 5.75 Å². The van der Waals surface area contributed by atoms with Crippen LogP contribution in [0.2, 0.25) is 0 Å². The van der Waals surface area contributed by atoms with E-state index in [1.807, 2.05) is 30.3 Å². The van der Waals surface area contributed by atoms with Gasteiger partial charge in [-0.25, -0.2) is 8.42 Å². The second-order valence-corrected chi connectivity index (χ2v) is 9.34. The molecule has 0 radical (unpaired) electrons. The first kappa shape index (κ1) is 20.4. The molecular weight excluding hydrogens is 406 g/mol. The summed E-state index contributed by atoms with van der Waals surface area (Å²) in [4.78, 5) is 24.2. The Balaban J connectivity index is 1.45. The van der Waals surface area contributed by atoms with Gasteiger partial charge in [-0.1, -0.05) is 30.3 Å². The van der Waals surface area contributed by atoms with Crippen LogP contribution in [0.25, 0.3) is 0 Å². The van der Waals surface area contributed by atoms with E-state index in [-0.39, 0.29) is 29.9 Å². The fourth-order valence-corrected chi connectivity index (χ4v) is 5.23. The average Bonchev–Trinajstić information content (AvgIpc) is 2.77. The molecule has 2 aliphatic rings. The quantitative estimate of drug-likeness (QED) is 0.753. The summed E-state index contributed by atoms with van der Waals surface area (Å²) in [6.07, 6.45) is 1.24. The Hall–Kier alpha value is -2.91. The van der Waals surface area contributed by atoms with E-state index in [9.17, 15) is 18.0 Å². The van der Waals surface area contributed by atoms with Crippen molar-refractivity contribution >= 4 is 27.5 Å². The van der Waals surface area contributed by atoms with Crippen LogP contribution in [0.5, 0.6) is 5.75 Å². The maximum absolute atomic E-state index is 13.1. The molecule has 0 saturated carbocycles. The highest BCUT2D eigenvalue weighted by Crippen LogP contribution is 2.32. The highest BCUT2D eigenvalue weighted by Gasteiger charge is 2.34. The van der Waals surface area contributed by atoms with Crippen LogP contribution in [-0.2, 0) is 26.2 Å². The molecule has 2 heterocycles. The third kappa shape index (κ3) is 4.31. The molecule has 30 heavy (non-hydrogen) atoms. The summed E-state index contributed by atoms with van der Waals surface area (Å²) in [5.41, 5.74) is 1.32. The first-order valence-electron chi connectivity index (χ1n) is 9.82. The zero-order chi connectivity index (χ0) is 21.1. The van der Waals surface area contributed by atoms with Crippen molar-refractivity contribution in [3.8, 4) is 5.75 Å². The van der Waals surface area contributed by atoms with Crippen LogP contribution in [0.4, 0.5) is 5.69 Å². The Morgan fingerprint density at radius 3 is 2.80 bits per heavy atom. The Bertz CT molecular complexity index is 1060. The van der Waals surface area contributed by atoms with Gasteiger partial charge in [-0.05, 0) is 36.6 Å². The van der Waals surface area contributed by atoms with Gasteiger partial charge in [0.05, 0.1) is 16.5 Å². The van der Waals surface area contributed by atoms with Crippen LogP contribution in [0.1, 0.15) is 18.4 Å². The van der Waals surface area contributed by atoms with Gasteiger partial charge in [0, 0.05) is 19.6 Å². The molecule has 2 aromatic rings. The molecule has 1 fully saturated rings. The lowest BCUT2D eigenvalue weighted by Crippen LogP contribution is -2.45. The summed E-state index contributed by atoms with van der Waals surface area (Å²) in [6.45, 7) is 0.798. The van der Waals surface area contributed by atoms with Crippen LogP contribution >= 0.6 is 0 Å². The number of anilines is 1. The van der Waals surface area contributed by atoms with Gasteiger partial charge in [0.15, 0.2) is 6.61 Å². The van der Waals surface area contributed by atoms with E-state index in [1.54, 1.807) is 0 Å². The Morgan fingerprint density at radius 1 is 1.20 bits per heavy atom. The number of nitrogens with one attached hydrogen (secondary N) is 2. The van der Waals surface area contributed by atoms with E-state index in [0.29, 0.717) is 37.4 Å². The molecule has 2 aliphatic heterocycles. The van der Waals surface area contributed by atoms with E-state index in [2.05, 4.69) is 10.6 Å². The summed E-state index contributed by atoms with van der Waals surface area (Å²) in [5, 5.41) is 5.53. The van der Waals surface area contributed by atoms with Gasteiger partial charge >= 0.3 is 0 Å². The van der Waals surface area contributed by atoms with Crippen LogP contribution in [0.3, 0.4) is 0 Å². The minimum atomic E-state index is -3.80. The number of sulfonamides is 1. The molecule has 2 N–H and O–H groups in total. The number of nitrogens with zero attached hydrogens (tertiary/aromatic N) is 1. The van der Waals surface area contributed by atoms with E-state index in [1.165, 1.54) is 22.5 Å². The van der Waals surface area contributed by atoms with Crippen molar-refractivity contribution in [1.82, 2.24) is 9.62 Å². The van der Waals surface area contributed by atoms with Gasteiger partial charge in [-0.15, -0.1) is 0 Å². The molecule has 1 atom stereocenters. The highest BCUT2D eigenvalue weighted by molar-refractivity contribution is 7.89. The van der Waals surface area contributed by atoms with Crippen LogP contribution in [0.15, 0.2) is 53.4 Å². The Labute approximate surface area is 175 Å². The van der Waals surface area contributed by atoms with E-state index in [0.717, 1.165) is 5.56 Å². The summed E-state index contributed by atoms with van der Waals surface area (Å²) in [5.74, 6) is -0.446. The number of amides is 2. The number of carbonyl (C=O) groups is 2. The number of carbonyl (C=O) groups excluding carboxylic acids is 2. The summed E-state index contributed by atoms with van der Waals surface area (Å²) >= 11 is 0. The van der Waals surface area contributed by atoms with E-state index >= 15 is 0 Å². The molecule has 8 nitrogen and oxygen atoms in total. The standard InChI is InChI=1S/C21H23N3O5S/c25-20-14-29-19-9-8-17(11-18(19)23-20)30(27,28)24-10-4-7-16(13-24)21(26)22-12-15-5-2-1-3-6-15/h1-3,5-6,8-9,11,16H,4,7,10,12-14H2,(H,22,26)(H,23,25)/t16-/m0/s1. The van der Waals surface area contributed by atoms with Crippen molar-refractivity contribution in [2.24, 2.45) is 5.92 Å². The summed E-state index contributed by atoms with van der Waals surface area (Å²) < 4.78 is 32.9. The third-order valence-corrected chi connectivity index (χ3v) is 7.15. The Morgan fingerprint density at radius 2 is 2.00 bits per heavy atom. The molecule has 0 aliphatic carbocycles. The molecule has 1 saturated heterocycles. The lowest BCUT2D eigenvalue weighted by atomic mass is 9.99. The van der Waals surface area contributed by atoms with Crippen molar-refractivity contribution < 1.29 is 22.7 Å². The molecule has 9 heteroatoms. The number of hydrogen-bond donors (Lipinski definition) is 2. The number of ether oxygens (including phenoxy) is 1. The van der Waals surface area contributed by atoms with Crippen LogP contribution < -0.4 is 15.4 Å². The molecule has 0 spiro atoms. The largest absolute Gasteiger partial charge is 0.482 e. The zero-order valence-electron chi connectivity index (χ0n) is 16.3. The monoisotopic (exact) mass is 429 g/mol. The van der Waals surface area contributed by atoms with Gasteiger partial charge in [0.2, 0.25) is 15.9 Å². The number of rotatable bonds is 5. The lowest BCUT2D eigenvalue weighted by Gasteiger charge is -2.31. The lowest BCUT2D eigenvalue weighted by molar-refractivity contribution is -0.126. The van der Waals surface area contributed by atoms with Crippen LogP contribution in [-0.4, -0.2) is 44.2 Å². The van der Waals surface area contributed by atoms with Crippen molar-refractivity contribution in [2.75, 3.05) is 25.0 Å². The summed E-state index contributed by atoms with van der Waals surface area (Å²) in [7, 11) is -3.80. The molecule has 0 unspecified atom stereocenters. The maximum Gasteiger partial charge on any atom is 0.262 e. The van der Waals surface area contributed by atoms with Gasteiger partial charge in [-0.2, -0.15) is 4.31 Å². The maximum atomic E-state index is 13.1. The average molecular weight is 429 g/mol. The van der Waals surface area contributed by atoms with Crippen molar-refractivity contribution in [2.45, 2.75) is 24.3 Å². The normalized spacial score (nSPS) is 19.3. The van der Waals surface area contributed by atoms with E-state index < -0.39 is 15.9 Å².